The van der Waals surface area contributed by atoms with E-state index in [1.165, 1.54) is 0 Å². The second-order valence-electron chi connectivity index (χ2n) is 5.47. The molecule has 0 fully saturated rings. The standard InChI is InChI=1S/C16H19NO2/c1-16(2,3)19-15(18)12-17-11-7-10-14(17)13-8-5-4-6-9-13/h4-11H,12H2,1-3H3. The van der Waals surface area contributed by atoms with E-state index < -0.39 is 5.60 Å². The third-order valence-corrected chi connectivity index (χ3v) is 2.62. The maximum absolute atomic E-state index is 11.9. The second-order valence-corrected chi connectivity index (χ2v) is 5.47. The molecule has 0 saturated heterocycles. The zero-order valence-electron chi connectivity index (χ0n) is 11.6. The van der Waals surface area contributed by atoms with Crippen molar-refractivity contribution in [1.82, 2.24) is 4.57 Å². The number of rotatable bonds is 3. The summed E-state index contributed by atoms with van der Waals surface area (Å²) in [6.45, 7) is 5.85. The molecule has 0 N–H and O–H groups in total. The average Bonchev–Trinajstić information content (AvgIpc) is 2.75. The molecule has 0 amide bonds. The molecule has 0 unspecified atom stereocenters. The molecule has 100 valence electrons. The summed E-state index contributed by atoms with van der Waals surface area (Å²) in [7, 11) is 0. The average molecular weight is 257 g/mol. The topological polar surface area (TPSA) is 31.2 Å². The molecule has 1 aromatic carbocycles. The summed E-state index contributed by atoms with van der Waals surface area (Å²) >= 11 is 0. The van der Waals surface area contributed by atoms with E-state index >= 15 is 0 Å². The van der Waals surface area contributed by atoms with Crippen molar-refractivity contribution in [2.45, 2.75) is 32.9 Å². The van der Waals surface area contributed by atoms with E-state index in [9.17, 15) is 4.79 Å². The lowest BCUT2D eigenvalue weighted by Crippen LogP contribution is -2.26. The predicted molar refractivity (Wildman–Crippen MR) is 75.7 cm³/mol. The molecule has 0 aliphatic heterocycles. The van der Waals surface area contributed by atoms with Gasteiger partial charge in [0, 0.05) is 11.9 Å². The predicted octanol–water partition coefficient (Wildman–Crippen LogP) is 3.50. The largest absolute Gasteiger partial charge is 0.459 e. The molecule has 0 aliphatic rings. The van der Waals surface area contributed by atoms with E-state index in [1.807, 2.05) is 74.0 Å². The third-order valence-electron chi connectivity index (χ3n) is 2.62. The zero-order valence-corrected chi connectivity index (χ0v) is 11.6. The highest BCUT2D eigenvalue weighted by atomic mass is 16.6. The smallest absolute Gasteiger partial charge is 0.326 e. The highest BCUT2D eigenvalue weighted by Crippen LogP contribution is 2.20. The van der Waals surface area contributed by atoms with Crippen LogP contribution < -0.4 is 0 Å². The van der Waals surface area contributed by atoms with Crippen molar-refractivity contribution in [2.24, 2.45) is 0 Å². The number of benzene rings is 1. The molecule has 2 aromatic rings. The first kappa shape index (κ1) is 13.4. The summed E-state index contributed by atoms with van der Waals surface area (Å²) in [5.74, 6) is -0.221. The Morgan fingerprint density at radius 3 is 2.42 bits per heavy atom. The fraction of sp³-hybridized carbons (Fsp3) is 0.312. The minimum atomic E-state index is -0.447. The minimum absolute atomic E-state index is 0.221. The van der Waals surface area contributed by atoms with Crippen LogP contribution in [0.2, 0.25) is 0 Å². The summed E-state index contributed by atoms with van der Waals surface area (Å²) in [6, 6.07) is 13.9. The van der Waals surface area contributed by atoms with Crippen molar-refractivity contribution >= 4 is 5.97 Å². The number of ether oxygens (including phenoxy) is 1. The van der Waals surface area contributed by atoms with E-state index in [2.05, 4.69) is 0 Å². The lowest BCUT2D eigenvalue weighted by Gasteiger charge is -2.20. The van der Waals surface area contributed by atoms with Gasteiger partial charge in [-0.1, -0.05) is 30.3 Å². The molecular formula is C16H19NO2. The summed E-state index contributed by atoms with van der Waals surface area (Å²) in [4.78, 5) is 11.9. The van der Waals surface area contributed by atoms with E-state index in [-0.39, 0.29) is 12.5 Å². The van der Waals surface area contributed by atoms with E-state index in [0.29, 0.717) is 0 Å². The SMILES string of the molecule is CC(C)(C)OC(=O)Cn1cccc1-c1ccccc1. The van der Waals surface area contributed by atoms with Crippen LogP contribution in [-0.2, 0) is 16.1 Å². The summed E-state index contributed by atoms with van der Waals surface area (Å²) in [5.41, 5.74) is 1.67. The number of hydrogen-bond donors (Lipinski definition) is 0. The Kier molecular flexibility index (Phi) is 3.74. The van der Waals surface area contributed by atoms with Crippen LogP contribution in [0.3, 0.4) is 0 Å². The van der Waals surface area contributed by atoms with Crippen LogP contribution in [0.5, 0.6) is 0 Å². The second kappa shape index (κ2) is 5.31. The Morgan fingerprint density at radius 2 is 1.79 bits per heavy atom. The zero-order chi connectivity index (χ0) is 13.9. The van der Waals surface area contributed by atoms with Crippen molar-refractivity contribution in [3.63, 3.8) is 0 Å². The Labute approximate surface area is 113 Å². The number of aromatic nitrogens is 1. The fourth-order valence-corrected chi connectivity index (χ4v) is 1.94. The third kappa shape index (κ3) is 3.71. The van der Waals surface area contributed by atoms with Crippen LogP contribution in [0.4, 0.5) is 0 Å². The van der Waals surface area contributed by atoms with Gasteiger partial charge in [0.05, 0.1) is 0 Å². The highest BCUT2D eigenvalue weighted by molar-refractivity contribution is 5.71. The number of esters is 1. The van der Waals surface area contributed by atoms with Crippen molar-refractivity contribution in [1.29, 1.82) is 0 Å². The Balaban J connectivity index is 2.15. The number of nitrogens with zero attached hydrogens (tertiary/aromatic N) is 1. The molecule has 0 saturated carbocycles. The summed E-state index contributed by atoms with van der Waals surface area (Å²) in [5, 5.41) is 0. The normalized spacial score (nSPS) is 11.3. The molecule has 0 atom stereocenters. The first-order valence-electron chi connectivity index (χ1n) is 6.38. The van der Waals surface area contributed by atoms with Gasteiger partial charge in [0.1, 0.15) is 12.1 Å². The molecular weight excluding hydrogens is 238 g/mol. The number of carbonyl (C=O) groups excluding carboxylic acids is 1. The molecule has 1 aromatic heterocycles. The van der Waals surface area contributed by atoms with Gasteiger partial charge in [0.25, 0.3) is 0 Å². The molecule has 0 spiro atoms. The molecule has 3 nitrogen and oxygen atoms in total. The summed E-state index contributed by atoms with van der Waals surface area (Å²) in [6.07, 6.45) is 1.90. The molecule has 0 bridgehead atoms. The maximum Gasteiger partial charge on any atom is 0.326 e. The lowest BCUT2D eigenvalue weighted by molar-refractivity contribution is -0.155. The van der Waals surface area contributed by atoms with Gasteiger partial charge < -0.3 is 9.30 Å². The van der Waals surface area contributed by atoms with Gasteiger partial charge in [-0.05, 0) is 38.5 Å². The Hall–Kier alpha value is -2.03. The van der Waals surface area contributed by atoms with E-state index in [0.717, 1.165) is 11.3 Å². The highest BCUT2D eigenvalue weighted by Gasteiger charge is 2.17. The van der Waals surface area contributed by atoms with Crippen molar-refractivity contribution in [3.8, 4) is 11.3 Å². The van der Waals surface area contributed by atoms with Gasteiger partial charge in [-0.25, -0.2) is 0 Å². The Morgan fingerprint density at radius 1 is 1.11 bits per heavy atom. The van der Waals surface area contributed by atoms with Gasteiger partial charge >= 0.3 is 5.97 Å². The molecule has 0 aliphatic carbocycles. The van der Waals surface area contributed by atoms with Crippen molar-refractivity contribution in [3.05, 3.63) is 48.7 Å². The molecule has 0 radical (unpaired) electrons. The molecule has 1 heterocycles. The minimum Gasteiger partial charge on any atom is -0.459 e. The van der Waals surface area contributed by atoms with Gasteiger partial charge in [-0.15, -0.1) is 0 Å². The fourth-order valence-electron chi connectivity index (χ4n) is 1.94. The molecule has 3 heteroatoms. The number of hydrogen-bond acceptors (Lipinski definition) is 2. The van der Waals surface area contributed by atoms with E-state index in [4.69, 9.17) is 4.74 Å². The first-order valence-corrected chi connectivity index (χ1v) is 6.38. The van der Waals surface area contributed by atoms with Gasteiger partial charge in [0.2, 0.25) is 0 Å². The monoisotopic (exact) mass is 257 g/mol. The quantitative estimate of drug-likeness (QED) is 0.788. The Bertz CT molecular complexity index is 550. The van der Waals surface area contributed by atoms with Gasteiger partial charge in [-0.3, -0.25) is 4.79 Å². The van der Waals surface area contributed by atoms with Crippen LogP contribution in [0, 0.1) is 0 Å². The van der Waals surface area contributed by atoms with Gasteiger partial charge in [0.15, 0.2) is 0 Å². The van der Waals surface area contributed by atoms with Crippen LogP contribution in [0.15, 0.2) is 48.7 Å². The summed E-state index contributed by atoms with van der Waals surface area (Å²) < 4.78 is 7.25. The molecule has 19 heavy (non-hydrogen) atoms. The van der Waals surface area contributed by atoms with Crippen LogP contribution in [0.25, 0.3) is 11.3 Å². The van der Waals surface area contributed by atoms with Crippen molar-refractivity contribution < 1.29 is 9.53 Å². The van der Waals surface area contributed by atoms with Crippen LogP contribution in [0.1, 0.15) is 20.8 Å². The van der Waals surface area contributed by atoms with Gasteiger partial charge in [-0.2, -0.15) is 0 Å². The lowest BCUT2D eigenvalue weighted by atomic mass is 10.1. The first-order chi connectivity index (χ1) is 8.96. The number of carbonyl (C=O) groups is 1. The van der Waals surface area contributed by atoms with E-state index in [1.54, 1.807) is 0 Å². The van der Waals surface area contributed by atoms with Crippen LogP contribution in [-0.4, -0.2) is 16.1 Å². The van der Waals surface area contributed by atoms with Crippen LogP contribution >= 0.6 is 0 Å². The molecule has 2 rings (SSSR count). The maximum atomic E-state index is 11.9. The van der Waals surface area contributed by atoms with Crippen molar-refractivity contribution in [2.75, 3.05) is 0 Å².